The van der Waals surface area contributed by atoms with E-state index in [1.165, 1.54) is 0 Å². The molecule has 0 aliphatic carbocycles. The van der Waals surface area contributed by atoms with Gasteiger partial charge in [0.15, 0.2) is 0 Å². The summed E-state index contributed by atoms with van der Waals surface area (Å²) in [5.41, 5.74) is 2.21. The van der Waals surface area contributed by atoms with Gasteiger partial charge in [-0.1, -0.05) is 6.07 Å². The number of aromatic nitrogens is 2. The summed E-state index contributed by atoms with van der Waals surface area (Å²) in [5, 5.41) is 5.62. The van der Waals surface area contributed by atoms with Crippen molar-refractivity contribution in [3.8, 4) is 0 Å². The van der Waals surface area contributed by atoms with Crippen LogP contribution in [-0.4, -0.2) is 21.4 Å². The molecule has 0 atom stereocenters. The highest BCUT2D eigenvalue weighted by atomic mass is 79.9. The fraction of sp³-hybridized carbons (Fsp3) is 0.105. The number of aryl methyl sites for hydroxylation is 1. The SMILES string of the molecule is CCn1cc(Br)cc1C(=O)Nc1cccc(C(=O)Nc2ccncc2)c1. The Morgan fingerprint density at radius 3 is 2.50 bits per heavy atom. The van der Waals surface area contributed by atoms with Gasteiger partial charge in [0.1, 0.15) is 5.69 Å². The van der Waals surface area contributed by atoms with Gasteiger partial charge in [-0.3, -0.25) is 14.6 Å². The number of carbonyl (C=O) groups is 2. The first kappa shape index (κ1) is 17.9. The van der Waals surface area contributed by atoms with Crippen molar-refractivity contribution in [2.45, 2.75) is 13.5 Å². The predicted molar refractivity (Wildman–Crippen MR) is 104 cm³/mol. The molecule has 1 aromatic carbocycles. The van der Waals surface area contributed by atoms with E-state index >= 15 is 0 Å². The van der Waals surface area contributed by atoms with Crippen LogP contribution in [0.15, 0.2) is 65.5 Å². The average molecular weight is 413 g/mol. The van der Waals surface area contributed by atoms with Crippen molar-refractivity contribution in [3.05, 3.63) is 76.8 Å². The Bertz CT molecular complexity index is 938. The van der Waals surface area contributed by atoms with Gasteiger partial charge >= 0.3 is 0 Å². The average Bonchev–Trinajstić information content (AvgIpc) is 3.04. The zero-order chi connectivity index (χ0) is 18.5. The summed E-state index contributed by atoms with van der Waals surface area (Å²) in [6.07, 6.45) is 5.06. The van der Waals surface area contributed by atoms with E-state index in [1.807, 2.05) is 17.7 Å². The lowest BCUT2D eigenvalue weighted by Gasteiger charge is -2.09. The molecule has 2 N–H and O–H groups in total. The molecule has 7 heteroatoms. The van der Waals surface area contributed by atoms with Crippen LogP contribution in [0, 0.1) is 0 Å². The normalized spacial score (nSPS) is 10.4. The van der Waals surface area contributed by atoms with Crippen LogP contribution in [-0.2, 0) is 6.54 Å². The smallest absolute Gasteiger partial charge is 0.272 e. The van der Waals surface area contributed by atoms with Crippen LogP contribution < -0.4 is 10.6 Å². The largest absolute Gasteiger partial charge is 0.343 e. The summed E-state index contributed by atoms with van der Waals surface area (Å²) in [4.78, 5) is 28.8. The lowest BCUT2D eigenvalue weighted by Crippen LogP contribution is -2.17. The summed E-state index contributed by atoms with van der Waals surface area (Å²) >= 11 is 3.38. The molecule has 0 saturated heterocycles. The molecule has 0 aliphatic rings. The number of halogens is 1. The van der Waals surface area contributed by atoms with Crippen molar-refractivity contribution in [1.29, 1.82) is 0 Å². The number of hydrogen-bond donors (Lipinski definition) is 2. The topological polar surface area (TPSA) is 76.0 Å². The highest BCUT2D eigenvalue weighted by Crippen LogP contribution is 2.18. The highest BCUT2D eigenvalue weighted by molar-refractivity contribution is 9.10. The molecule has 2 aromatic heterocycles. The summed E-state index contributed by atoms with van der Waals surface area (Å²) in [7, 11) is 0. The van der Waals surface area contributed by atoms with Crippen LogP contribution in [0.2, 0.25) is 0 Å². The quantitative estimate of drug-likeness (QED) is 0.659. The van der Waals surface area contributed by atoms with Gasteiger partial charge in [-0.15, -0.1) is 0 Å². The zero-order valence-electron chi connectivity index (χ0n) is 14.1. The van der Waals surface area contributed by atoms with Crippen molar-refractivity contribution in [2.75, 3.05) is 10.6 Å². The van der Waals surface area contributed by atoms with E-state index in [9.17, 15) is 9.59 Å². The first-order valence-corrected chi connectivity index (χ1v) is 8.84. The van der Waals surface area contributed by atoms with Crippen LogP contribution >= 0.6 is 15.9 Å². The van der Waals surface area contributed by atoms with Gasteiger partial charge in [0, 0.05) is 46.5 Å². The maximum absolute atomic E-state index is 12.5. The zero-order valence-corrected chi connectivity index (χ0v) is 15.7. The Hall–Kier alpha value is -2.93. The number of carbonyl (C=O) groups excluding carboxylic acids is 2. The van der Waals surface area contributed by atoms with Crippen LogP contribution in [0.1, 0.15) is 27.8 Å². The van der Waals surface area contributed by atoms with Gasteiger partial charge < -0.3 is 15.2 Å². The lowest BCUT2D eigenvalue weighted by atomic mass is 10.2. The van der Waals surface area contributed by atoms with Crippen molar-refractivity contribution < 1.29 is 9.59 Å². The standard InChI is InChI=1S/C19H17BrN4O2/c1-2-24-12-14(20)11-17(24)19(26)23-16-5-3-4-13(10-16)18(25)22-15-6-8-21-9-7-15/h3-12H,2H2,1H3,(H,23,26)(H,21,22,25). The van der Waals surface area contributed by atoms with Crippen LogP contribution in [0.3, 0.4) is 0 Å². The molecule has 0 saturated carbocycles. The second kappa shape index (κ2) is 7.97. The molecule has 2 heterocycles. The van der Waals surface area contributed by atoms with E-state index < -0.39 is 0 Å². The molecule has 0 fully saturated rings. The van der Waals surface area contributed by atoms with E-state index in [4.69, 9.17) is 0 Å². The molecule has 132 valence electrons. The summed E-state index contributed by atoms with van der Waals surface area (Å²) < 4.78 is 2.69. The Morgan fingerprint density at radius 2 is 1.77 bits per heavy atom. The third-order valence-electron chi connectivity index (χ3n) is 3.76. The van der Waals surface area contributed by atoms with Crippen molar-refractivity contribution in [2.24, 2.45) is 0 Å². The van der Waals surface area contributed by atoms with Gasteiger partial charge in [-0.2, -0.15) is 0 Å². The van der Waals surface area contributed by atoms with Crippen LogP contribution in [0.4, 0.5) is 11.4 Å². The predicted octanol–water partition coefficient (Wildman–Crippen LogP) is 4.17. The Labute approximate surface area is 159 Å². The third kappa shape index (κ3) is 4.18. The van der Waals surface area contributed by atoms with Gasteiger partial charge in [-0.05, 0) is 59.3 Å². The first-order valence-electron chi connectivity index (χ1n) is 8.05. The molecule has 3 rings (SSSR count). The van der Waals surface area contributed by atoms with Crippen molar-refractivity contribution in [1.82, 2.24) is 9.55 Å². The fourth-order valence-electron chi connectivity index (χ4n) is 2.50. The number of anilines is 2. The second-order valence-electron chi connectivity index (χ2n) is 5.55. The van der Waals surface area contributed by atoms with Gasteiger partial charge in [-0.25, -0.2) is 0 Å². The van der Waals surface area contributed by atoms with E-state index in [1.54, 1.807) is 54.9 Å². The number of nitrogens with zero attached hydrogens (tertiary/aromatic N) is 2. The maximum atomic E-state index is 12.5. The number of pyridine rings is 1. The van der Waals surface area contributed by atoms with E-state index in [2.05, 4.69) is 31.5 Å². The molecule has 0 bridgehead atoms. The Balaban J connectivity index is 1.74. The van der Waals surface area contributed by atoms with Crippen LogP contribution in [0.25, 0.3) is 0 Å². The van der Waals surface area contributed by atoms with E-state index in [-0.39, 0.29) is 11.8 Å². The molecule has 2 amide bonds. The number of nitrogens with one attached hydrogen (secondary N) is 2. The minimum absolute atomic E-state index is 0.232. The summed E-state index contributed by atoms with van der Waals surface area (Å²) in [6, 6.07) is 12.0. The number of rotatable bonds is 5. The molecule has 6 nitrogen and oxygen atoms in total. The second-order valence-corrected chi connectivity index (χ2v) is 6.47. The Morgan fingerprint density at radius 1 is 1.04 bits per heavy atom. The van der Waals surface area contributed by atoms with Gasteiger partial charge in [0.05, 0.1) is 0 Å². The molecule has 3 aromatic rings. The Kier molecular flexibility index (Phi) is 5.48. The van der Waals surface area contributed by atoms with Crippen LogP contribution in [0.5, 0.6) is 0 Å². The van der Waals surface area contributed by atoms with Gasteiger partial charge in [0.2, 0.25) is 0 Å². The number of benzene rings is 1. The van der Waals surface area contributed by atoms with E-state index in [0.29, 0.717) is 29.2 Å². The van der Waals surface area contributed by atoms with Crippen molar-refractivity contribution in [3.63, 3.8) is 0 Å². The number of amides is 2. The molecule has 0 radical (unpaired) electrons. The molecular weight excluding hydrogens is 396 g/mol. The van der Waals surface area contributed by atoms with Gasteiger partial charge in [0.25, 0.3) is 11.8 Å². The van der Waals surface area contributed by atoms with E-state index in [0.717, 1.165) is 4.47 Å². The monoisotopic (exact) mass is 412 g/mol. The molecule has 26 heavy (non-hydrogen) atoms. The first-order chi connectivity index (χ1) is 12.6. The third-order valence-corrected chi connectivity index (χ3v) is 4.19. The highest BCUT2D eigenvalue weighted by Gasteiger charge is 2.13. The minimum Gasteiger partial charge on any atom is -0.343 e. The summed E-state index contributed by atoms with van der Waals surface area (Å²) in [5.74, 6) is -0.490. The fourth-order valence-corrected chi connectivity index (χ4v) is 2.96. The maximum Gasteiger partial charge on any atom is 0.272 e. The molecular formula is C19H17BrN4O2. The molecule has 0 spiro atoms. The molecule has 0 aliphatic heterocycles. The number of hydrogen-bond acceptors (Lipinski definition) is 3. The van der Waals surface area contributed by atoms with Crippen molar-refractivity contribution >= 4 is 39.1 Å². The lowest BCUT2D eigenvalue weighted by molar-refractivity contribution is 0.101. The summed E-state index contributed by atoms with van der Waals surface area (Å²) in [6.45, 7) is 2.65. The minimum atomic E-state index is -0.257. The molecule has 0 unspecified atom stereocenters.